The minimum atomic E-state index is -0.435. The summed E-state index contributed by atoms with van der Waals surface area (Å²) < 4.78 is 15.9. The van der Waals surface area contributed by atoms with Crippen molar-refractivity contribution >= 4 is 27.5 Å². The number of hydrogen-bond acceptors (Lipinski definition) is 3. The molecule has 0 saturated heterocycles. The molecule has 0 aliphatic heterocycles. The van der Waals surface area contributed by atoms with Gasteiger partial charge in [-0.3, -0.25) is 14.2 Å². The number of halogens is 2. The standard InChI is InChI=1S/C21H19BrFN3O2/c1-3-17-11-20(28)26(21(24-17)14-5-4-6-16(23)10-14)12-19(27)25-18-8-7-15(22)9-13(18)2/h4-11H,3,12H2,1-2H3,(H,25,27). The largest absolute Gasteiger partial charge is 0.324 e. The van der Waals surface area contributed by atoms with Gasteiger partial charge in [0.1, 0.15) is 18.2 Å². The van der Waals surface area contributed by atoms with Crippen LogP contribution in [0.2, 0.25) is 0 Å². The van der Waals surface area contributed by atoms with E-state index < -0.39 is 5.82 Å². The topological polar surface area (TPSA) is 64.0 Å². The smallest absolute Gasteiger partial charge is 0.254 e. The Morgan fingerprint density at radius 2 is 2.00 bits per heavy atom. The Labute approximate surface area is 170 Å². The molecule has 7 heteroatoms. The number of aromatic nitrogens is 2. The SMILES string of the molecule is CCc1cc(=O)n(CC(=O)Nc2ccc(Br)cc2C)c(-c2cccc(F)c2)n1. The number of carbonyl (C=O) groups excluding carboxylic acids is 1. The van der Waals surface area contributed by atoms with Crippen LogP contribution in [-0.2, 0) is 17.8 Å². The summed E-state index contributed by atoms with van der Waals surface area (Å²) in [5, 5.41) is 2.81. The fourth-order valence-electron chi connectivity index (χ4n) is 2.84. The molecule has 1 amide bonds. The van der Waals surface area contributed by atoms with E-state index in [4.69, 9.17) is 0 Å². The van der Waals surface area contributed by atoms with Crippen LogP contribution in [0.4, 0.5) is 10.1 Å². The van der Waals surface area contributed by atoms with Crippen LogP contribution >= 0.6 is 15.9 Å². The molecule has 0 spiro atoms. The lowest BCUT2D eigenvalue weighted by molar-refractivity contribution is -0.116. The second-order valence-electron chi connectivity index (χ2n) is 6.37. The average molecular weight is 444 g/mol. The molecule has 3 aromatic rings. The molecule has 0 atom stereocenters. The Morgan fingerprint density at radius 3 is 2.68 bits per heavy atom. The van der Waals surface area contributed by atoms with Gasteiger partial charge < -0.3 is 5.32 Å². The van der Waals surface area contributed by atoms with Crippen molar-refractivity contribution < 1.29 is 9.18 Å². The Balaban J connectivity index is 1.96. The van der Waals surface area contributed by atoms with Crippen molar-refractivity contribution in [1.29, 1.82) is 0 Å². The molecule has 0 aliphatic carbocycles. The maximum Gasteiger partial charge on any atom is 0.254 e. The third kappa shape index (κ3) is 4.54. The van der Waals surface area contributed by atoms with E-state index in [1.807, 2.05) is 26.0 Å². The minimum absolute atomic E-state index is 0.225. The fraction of sp³-hybridized carbons (Fsp3) is 0.190. The summed E-state index contributed by atoms with van der Waals surface area (Å²) >= 11 is 3.38. The molecule has 1 aromatic heterocycles. The van der Waals surface area contributed by atoms with E-state index in [2.05, 4.69) is 26.2 Å². The molecule has 3 rings (SSSR count). The lowest BCUT2D eigenvalue weighted by atomic mass is 10.2. The first-order valence-electron chi connectivity index (χ1n) is 8.80. The maximum absolute atomic E-state index is 13.7. The van der Waals surface area contributed by atoms with Crippen LogP contribution in [0.3, 0.4) is 0 Å². The van der Waals surface area contributed by atoms with E-state index in [1.165, 1.54) is 22.8 Å². The molecule has 5 nitrogen and oxygen atoms in total. The predicted octanol–water partition coefficient (Wildman–Crippen LogP) is 4.32. The minimum Gasteiger partial charge on any atom is -0.324 e. The van der Waals surface area contributed by atoms with Crippen LogP contribution in [-0.4, -0.2) is 15.5 Å². The number of nitrogens with one attached hydrogen (secondary N) is 1. The van der Waals surface area contributed by atoms with Crippen LogP contribution in [0.15, 0.2) is 57.8 Å². The van der Waals surface area contributed by atoms with E-state index in [0.717, 1.165) is 10.0 Å². The third-order valence-electron chi connectivity index (χ3n) is 4.27. The first-order valence-corrected chi connectivity index (χ1v) is 9.59. The molecular weight excluding hydrogens is 425 g/mol. The fourth-order valence-corrected chi connectivity index (χ4v) is 3.31. The van der Waals surface area contributed by atoms with Crippen molar-refractivity contribution in [1.82, 2.24) is 9.55 Å². The van der Waals surface area contributed by atoms with Crippen LogP contribution in [0.25, 0.3) is 11.4 Å². The van der Waals surface area contributed by atoms with Gasteiger partial charge in [0, 0.05) is 27.5 Å². The van der Waals surface area contributed by atoms with E-state index >= 15 is 0 Å². The van der Waals surface area contributed by atoms with Crippen molar-refractivity contribution in [2.75, 3.05) is 5.32 Å². The highest BCUT2D eigenvalue weighted by Gasteiger charge is 2.15. The molecule has 0 fully saturated rings. The molecule has 144 valence electrons. The predicted molar refractivity (Wildman–Crippen MR) is 111 cm³/mol. The van der Waals surface area contributed by atoms with E-state index in [9.17, 15) is 14.0 Å². The molecule has 0 aliphatic rings. The highest BCUT2D eigenvalue weighted by atomic mass is 79.9. The summed E-state index contributed by atoms with van der Waals surface area (Å²) in [5.41, 5.74) is 2.23. The van der Waals surface area contributed by atoms with Gasteiger partial charge in [0.05, 0.1) is 0 Å². The van der Waals surface area contributed by atoms with Crippen LogP contribution in [0, 0.1) is 12.7 Å². The zero-order chi connectivity index (χ0) is 20.3. The highest BCUT2D eigenvalue weighted by molar-refractivity contribution is 9.10. The van der Waals surface area contributed by atoms with Crippen molar-refractivity contribution in [2.45, 2.75) is 26.8 Å². The van der Waals surface area contributed by atoms with Crippen molar-refractivity contribution in [3.05, 3.63) is 80.4 Å². The summed E-state index contributed by atoms with van der Waals surface area (Å²) in [6.45, 7) is 3.53. The van der Waals surface area contributed by atoms with Gasteiger partial charge in [0.15, 0.2) is 0 Å². The molecule has 0 radical (unpaired) electrons. The van der Waals surface area contributed by atoms with Crippen LogP contribution < -0.4 is 10.9 Å². The van der Waals surface area contributed by atoms with E-state index in [1.54, 1.807) is 18.2 Å². The first kappa shape index (κ1) is 19.9. The van der Waals surface area contributed by atoms with Crippen molar-refractivity contribution in [3.8, 4) is 11.4 Å². The number of rotatable bonds is 5. The Kier molecular flexibility index (Phi) is 6.04. The van der Waals surface area contributed by atoms with Gasteiger partial charge in [-0.1, -0.05) is 35.0 Å². The van der Waals surface area contributed by atoms with Crippen molar-refractivity contribution in [3.63, 3.8) is 0 Å². The summed E-state index contributed by atoms with van der Waals surface area (Å²) in [6.07, 6.45) is 0.558. The van der Waals surface area contributed by atoms with Gasteiger partial charge in [-0.15, -0.1) is 0 Å². The lowest BCUT2D eigenvalue weighted by Gasteiger charge is -2.14. The quantitative estimate of drug-likeness (QED) is 0.638. The molecule has 2 aromatic carbocycles. The molecule has 0 bridgehead atoms. The van der Waals surface area contributed by atoms with Crippen LogP contribution in [0.5, 0.6) is 0 Å². The Hall–Kier alpha value is -2.80. The van der Waals surface area contributed by atoms with Gasteiger partial charge in [0.2, 0.25) is 5.91 Å². The molecule has 28 heavy (non-hydrogen) atoms. The normalized spacial score (nSPS) is 10.7. The zero-order valence-electron chi connectivity index (χ0n) is 15.5. The molecule has 1 heterocycles. The number of nitrogens with zero attached hydrogens (tertiary/aromatic N) is 2. The first-order chi connectivity index (χ1) is 13.4. The average Bonchev–Trinajstić information content (AvgIpc) is 2.65. The highest BCUT2D eigenvalue weighted by Crippen LogP contribution is 2.21. The number of benzene rings is 2. The number of amides is 1. The third-order valence-corrected chi connectivity index (χ3v) is 4.76. The number of hydrogen-bond donors (Lipinski definition) is 1. The molecule has 1 N–H and O–H groups in total. The molecule has 0 unspecified atom stereocenters. The van der Waals surface area contributed by atoms with Gasteiger partial charge in [-0.05, 0) is 49.2 Å². The summed E-state index contributed by atoms with van der Waals surface area (Å²) in [7, 11) is 0. The van der Waals surface area contributed by atoms with Gasteiger partial charge in [0.25, 0.3) is 5.56 Å². The molecule has 0 saturated carbocycles. The zero-order valence-corrected chi connectivity index (χ0v) is 17.1. The second-order valence-corrected chi connectivity index (χ2v) is 7.28. The summed E-state index contributed by atoms with van der Waals surface area (Å²) in [6, 6.07) is 12.7. The van der Waals surface area contributed by atoms with Crippen LogP contribution in [0.1, 0.15) is 18.2 Å². The lowest BCUT2D eigenvalue weighted by Crippen LogP contribution is -2.30. The van der Waals surface area contributed by atoms with E-state index in [0.29, 0.717) is 23.4 Å². The van der Waals surface area contributed by atoms with Gasteiger partial charge >= 0.3 is 0 Å². The number of aryl methyl sites for hydroxylation is 2. The Bertz CT molecular complexity index is 1100. The monoisotopic (exact) mass is 443 g/mol. The Morgan fingerprint density at radius 1 is 1.21 bits per heavy atom. The van der Waals surface area contributed by atoms with E-state index in [-0.39, 0.29) is 23.8 Å². The summed E-state index contributed by atoms with van der Waals surface area (Å²) in [5.74, 6) is -0.530. The second kappa shape index (κ2) is 8.48. The number of anilines is 1. The van der Waals surface area contributed by atoms with Crippen molar-refractivity contribution in [2.24, 2.45) is 0 Å². The van der Waals surface area contributed by atoms with Gasteiger partial charge in [-0.25, -0.2) is 9.37 Å². The maximum atomic E-state index is 13.7. The van der Waals surface area contributed by atoms with Gasteiger partial charge in [-0.2, -0.15) is 0 Å². The summed E-state index contributed by atoms with van der Waals surface area (Å²) in [4.78, 5) is 29.7. The number of carbonyl (C=O) groups is 1. The molecular formula is C21H19BrFN3O2.